The van der Waals surface area contributed by atoms with Crippen LogP contribution in [-0.4, -0.2) is 26.9 Å². The number of alkyl halides is 3. The molecule has 28 heavy (non-hydrogen) atoms. The Labute approximate surface area is 160 Å². The van der Waals surface area contributed by atoms with Crippen LogP contribution in [0.3, 0.4) is 0 Å². The molecule has 0 saturated heterocycles. The number of rotatable bonds is 3. The predicted octanol–water partition coefficient (Wildman–Crippen LogP) is 4.81. The fourth-order valence-electron chi connectivity index (χ4n) is 2.52. The molecule has 0 unspecified atom stereocenters. The number of carbonyl (C=O) groups excluding carboxylic acids is 1. The highest BCUT2D eigenvalue weighted by atomic mass is 19.4. The molecule has 0 spiro atoms. The molecule has 2 heterocycles. The SMILES string of the molecule is C[C@H](NC(=O)c1c[nH]c2ncc(-c3ccc(C(F)(F)F)cc3)nc12)C(C)(C)C. The second-order valence-electron chi connectivity index (χ2n) is 7.79. The van der Waals surface area contributed by atoms with E-state index in [1.165, 1.54) is 24.5 Å². The molecule has 0 aliphatic rings. The molecule has 2 aromatic heterocycles. The number of benzene rings is 1. The van der Waals surface area contributed by atoms with Gasteiger partial charge in [-0.1, -0.05) is 32.9 Å². The van der Waals surface area contributed by atoms with Gasteiger partial charge in [0.1, 0.15) is 5.52 Å². The van der Waals surface area contributed by atoms with Crippen LogP contribution in [0.2, 0.25) is 0 Å². The Morgan fingerprint density at radius 2 is 1.79 bits per heavy atom. The standard InChI is InChI=1S/C20H21F3N4O/c1-11(19(2,3)4)26-18(28)14-9-24-17-16(14)27-15(10-25-17)12-5-7-13(8-6-12)20(21,22)23/h5-11H,1-4H3,(H,24,25)(H,26,28)/t11-/m0/s1. The summed E-state index contributed by atoms with van der Waals surface area (Å²) in [4.78, 5) is 24.3. The Morgan fingerprint density at radius 3 is 2.36 bits per heavy atom. The first-order valence-electron chi connectivity index (χ1n) is 8.79. The molecule has 0 fully saturated rings. The normalized spacial score (nSPS) is 13.5. The van der Waals surface area contributed by atoms with Crippen molar-refractivity contribution in [3.63, 3.8) is 0 Å². The zero-order chi connectivity index (χ0) is 20.7. The van der Waals surface area contributed by atoms with E-state index in [9.17, 15) is 18.0 Å². The number of carbonyl (C=O) groups is 1. The minimum Gasteiger partial charge on any atom is -0.349 e. The molecular weight excluding hydrogens is 369 g/mol. The summed E-state index contributed by atoms with van der Waals surface area (Å²) in [6.45, 7) is 7.99. The van der Waals surface area contributed by atoms with E-state index >= 15 is 0 Å². The molecule has 5 nitrogen and oxygen atoms in total. The smallest absolute Gasteiger partial charge is 0.349 e. The number of hydrogen-bond acceptors (Lipinski definition) is 3. The first-order valence-corrected chi connectivity index (χ1v) is 8.79. The molecule has 8 heteroatoms. The van der Waals surface area contributed by atoms with Crippen molar-refractivity contribution in [3.05, 3.63) is 47.8 Å². The highest BCUT2D eigenvalue weighted by molar-refractivity contribution is 6.04. The molecule has 1 atom stereocenters. The van der Waals surface area contributed by atoms with E-state index in [2.05, 4.69) is 20.3 Å². The summed E-state index contributed by atoms with van der Waals surface area (Å²) >= 11 is 0. The predicted molar refractivity (Wildman–Crippen MR) is 101 cm³/mol. The Bertz CT molecular complexity index is 1000. The minimum absolute atomic E-state index is 0.0731. The largest absolute Gasteiger partial charge is 0.416 e. The summed E-state index contributed by atoms with van der Waals surface area (Å²) in [7, 11) is 0. The van der Waals surface area contributed by atoms with Gasteiger partial charge in [0.05, 0.1) is 23.0 Å². The van der Waals surface area contributed by atoms with Gasteiger partial charge in [-0.3, -0.25) is 4.79 Å². The summed E-state index contributed by atoms with van der Waals surface area (Å²) in [6.07, 6.45) is -1.41. The van der Waals surface area contributed by atoms with E-state index in [4.69, 9.17) is 0 Å². The van der Waals surface area contributed by atoms with Crippen molar-refractivity contribution in [1.82, 2.24) is 20.3 Å². The summed E-state index contributed by atoms with van der Waals surface area (Å²) < 4.78 is 38.2. The molecule has 3 rings (SSSR count). The molecule has 0 radical (unpaired) electrons. The van der Waals surface area contributed by atoms with Crippen molar-refractivity contribution in [3.8, 4) is 11.3 Å². The van der Waals surface area contributed by atoms with Gasteiger partial charge >= 0.3 is 6.18 Å². The van der Waals surface area contributed by atoms with Gasteiger partial charge in [0, 0.05) is 17.8 Å². The minimum atomic E-state index is -4.40. The number of nitrogens with one attached hydrogen (secondary N) is 2. The van der Waals surface area contributed by atoms with Crippen molar-refractivity contribution in [1.29, 1.82) is 0 Å². The fraction of sp³-hybridized carbons (Fsp3) is 0.350. The van der Waals surface area contributed by atoms with Crippen LogP contribution in [-0.2, 0) is 6.18 Å². The molecule has 1 aromatic carbocycles. The lowest BCUT2D eigenvalue weighted by Crippen LogP contribution is -2.41. The van der Waals surface area contributed by atoms with Gasteiger partial charge in [-0.25, -0.2) is 9.97 Å². The Hall–Kier alpha value is -2.90. The molecule has 0 aliphatic heterocycles. The van der Waals surface area contributed by atoms with Crippen molar-refractivity contribution in [2.24, 2.45) is 5.41 Å². The zero-order valence-corrected chi connectivity index (χ0v) is 16.0. The van der Waals surface area contributed by atoms with E-state index in [0.717, 1.165) is 12.1 Å². The maximum Gasteiger partial charge on any atom is 0.416 e. The van der Waals surface area contributed by atoms with E-state index in [1.807, 2.05) is 27.7 Å². The van der Waals surface area contributed by atoms with Gasteiger partial charge in [0.2, 0.25) is 0 Å². The van der Waals surface area contributed by atoms with Crippen LogP contribution in [0.5, 0.6) is 0 Å². The summed E-state index contributed by atoms with van der Waals surface area (Å²) in [6, 6.07) is 4.60. The third-order valence-electron chi connectivity index (χ3n) is 4.78. The highest BCUT2D eigenvalue weighted by Crippen LogP contribution is 2.31. The Morgan fingerprint density at radius 1 is 1.14 bits per heavy atom. The second-order valence-corrected chi connectivity index (χ2v) is 7.79. The van der Waals surface area contributed by atoms with E-state index in [1.54, 1.807) is 0 Å². The number of halogens is 3. The van der Waals surface area contributed by atoms with E-state index < -0.39 is 11.7 Å². The third kappa shape index (κ3) is 4.00. The van der Waals surface area contributed by atoms with Crippen LogP contribution < -0.4 is 5.32 Å². The van der Waals surface area contributed by atoms with Crippen molar-refractivity contribution < 1.29 is 18.0 Å². The molecule has 148 valence electrons. The van der Waals surface area contributed by atoms with Crippen LogP contribution in [0, 0.1) is 5.41 Å². The monoisotopic (exact) mass is 390 g/mol. The van der Waals surface area contributed by atoms with Crippen LogP contribution >= 0.6 is 0 Å². The topological polar surface area (TPSA) is 70.7 Å². The highest BCUT2D eigenvalue weighted by Gasteiger charge is 2.30. The fourth-order valence-corrected chi connectivity index (χ4v) is 2.52. The van der Waals surface area contributed by atoms with E-state index in [0.29, 0.717) is 28.0 Å². The molecule has 3 aromatic rings. The maximum atomic E-state index is 12.7. The Balaban J connectivity index is 1.93. The van der Waals surface area contributed by atoms with E-state index in [-0.39, 0.29) is 17.4 Å². The lowest BCUT2D eigenvalue weighted by atomic mass is 9.88. The zero-order valence-electron chi connectivity index (χ0n) is 16.0. The molecule has 0 bridgehead atoms. The second kappa shape index (κ2) is 6.92. The Kier molecular flexibility index (Phi) is 4.91. The summed E-state index contributed by atoms with van der Waals surface area (Å²) in [5.41, 5.74) is 1.17. The number of H-pyrrole nitrogens is 1. The molecule has 1 amide bonds. The van der Waals surface area contributed by atoms with Gasteiger partial charge in [-0.05, 0) is 24.5 Å². The average molecular weight is 390 g/mol. The van der Waals surface area contributed by atoms with Gasteiger partial charge < -0.3 is 10.3 Å². The quantitative estimate of drug-likeness (QED) is 0.674. The molecule has 0 saturated carbocycles. The number of fused-ring (bicyclic) bond motifs is 1. The molecule has 2 N–H and O–H groups in total. The average Bonchev–Trinajstić information content (AvgIpc) is 3.03. The number of hydrogen-bond donors (Lipinski definition) is 2. The molecule has 0 aliphatic carbocycles. The van der Waals surface area contributed by atoms with Gasteiger partial charge in [0.25, 0.3) is 5.91 Å². The van der Waals surface area contributed by atoms with Crippen LogP contribution in [0.25, 0.3) is 22.4 Å². The van der Waals surface area contributed by atoms with Crippen LogP contribution in [0.4, 0.5) is 13.2 Å². The lowest BCUT2D eigenvalue weighted by Gasteiger charge is -2.27. The number of nitrogens with zero attached hydrogens (tertiary/aromatic N) is 2. The first-order chi connectivity index (χ1) is 13.0. The van der Waals surface area contributed by atoms with Gasteiger partial charge in [0.15, 0.2) is 5.65 Å². The van der Waals surface area contributed by atoms with Crippen molar-refractivity contribution in [2.45, 2.75) is 39.9 Å². The number of aromatic amines is 1. The van der Waals surface area contributed by atoms with Gasteiger partial charge in [-0.15, -0.1) is 0 Å². The van der Waals surface area contributed by atoms with Crippen LogP contribution in [0.15, 0.2) is 36.7 Å². The number of amides is 1. The lowest BCUT2D eigenvalue weighted by molar-refractivity contribution is -0.137. The third-order valence-corrected chi connectivity index (χ3v) is 4.78. The maximum absolute atomic E-state index is 12.7. The van der Waals surface area contributed by atoms with Gasteiger partial charge in [-0.2, -0.15) is 13.2 Å². The number of aromatic nitrogens is 3. The molecular formula is C20H21F3N4O. The summed E-state index contributed by atoms with van der Waals surface area (Å²) in [5, 5.41) is 2.95. The first kappa shape index (κ1) is 19.9. The summed E-state index contributed by atoms with van der Waals surface area (Å²) in [5.74, 6) is -0.285. The van der Waals surface area contributed by atoms with Crippen molar-refractivity contribution in [2.75, 3.05) is 0 Å². The van der Waals surface area contributed by atoms with Crippen LogP contribution in [0.1, 0.15) is 43.6 Å². The van der Waals surface area contributed by atoms with Crippen molar-refractivity contribution >= 4 is 17.1 Å².